The molecule has 0 heterocycles. The molecule has 0 aliphatic heterocycles. The minimum Gasteiger partial charge on any atom is -0.466 e. The molecule has 0 amide bonds. The Kier molecular flexibility index (Phi) is 15.6. The molecular formula is C36H44N2O11. The average molecular weight is 681 g/mol. The van der Waals surface area contributed by atoms with Crippen molar-refractivity contribution in [3.05, 3.63) is 104 Å². The third-order valence-corrected chi connectivity index (χ3v) is 8.31. The number of unbranched alkanes of at least 4 members (excludes halogenated alkanes) is 3. The summed E-state index contributed by atoms with van der Waals surface area (Å²) in [4.78, 5) is 59.6. The summed E-state index contributed by atoms with van der Waals surface area (Å²) in [5.74, 6) is -2.83. The predicted octanol–water partition coefficient (Wildman–Crippen LogP) is 7.07. The van der Waals surface area contributed by atoms with Crippen molar-refractivity contribution in [2.24, 2.45) is 11.8 Å². The Labute approximate surface area is 285 Å². The van der Waals surface area contributed by atoms with Crippen molar-refractivity contribution in [1.82, 2.24) is 0 Å². The first kappa shape index (κ1) is 38.5. The lowest BCUT2D eigenvalue weighted by Crippen LogP contribution is -2.26. The van der Waals surface area contributed by atoms with Gasteiger partial charge in [0, 0.05) is 48.9 Å². The van der Waals surface area contributed by atoms with Gasteiger partial charge in [-0.05, 0) is 63.3 Å². The molecule has 0 radical (unpaired) electrons. The van der Waals surface area contributed by atoms with E-state index in [0.717, 1.165) is 25.7 Å². The van der Waals surface area contributed by atoms with E-state index in [1.165, 1.54) is 48.5 Å². The number of hydrogen-bond donors (Lipinski definition) is 1. The molecule has 3 rings (SSSR count). The van der Waals surface area contributed by atoms with Crippen LogP contribution < -0.4 is 0 Å². The molecule has 2 aromatic carbocycles. The van der Waals surface area contributed by atoms with Gasteiger partial charge in [-0.25, -0.2) is 9.59 Å². The molecule has 13 nitrogen and oxygen atoms in total. The number of aliphatic hydroxyl groups excluding tert-OH is 1. The zero-order valence-corrected chi connectivity index (χ0v) is 27.8. The van der Waals surface area contributed by atoms with E-state index >= 15 is 0 Å². The fourth-order valence-electron chi connectivity index (χ4n) is 5.76. The van der Waals surface area contributed by atoms with Crippen LogP contribution in [0.5, 0.6) is 0 Å². The normalized spacial score (nSPS) is 19.5. The Hall–Kier alpha value is -4.91. The van der Waals surface area contributed by atoms with Crippen LogP contribution in [-0.2, 0) is 19.0 Å². The minimum absolute atomic E-state index is 0.0873. The van der Waals surface area contributed by atoms with E-state index in [9.17, 15) is 39.7 Å². The van der Waals surface area contributed by atoms with Crippen LogP contribution in [0.15, 0.2) is 72.8 Å². The van der Waals surface area contributed by atoms with Crippen molar-refractivity contribution < 1.29 is 43.5 Å². The molecule has 0 bridgehead atoms. The van der Waals surface area contributed by atoms with Crippen LogP contribution in [0.3, 0.4) is 0 Å². The SMILES string of the molecule is CCCCC/C=C\C[C@H](O)/C=C/[C@H]1[C@@H](CCCC(=O)OCC)[C@@H](OC(=O)c2ccc([N+](=O)[O-])cc2)C[C@H]1OC(=O)c1ccc([N+](=O)[O-])cc1. The number of nitro benzene ring substituents is 2. The quantitative estimate of drug-likeness (QED) is 0.0399. The van der Waals surface area contributed by atoms with Gasteiger partial charge in [-0.2, -0.15) is 0 Å². The first-order valence-electron chi connectivity index (χ1n) is 16.6. The lowest BCUT2D eigenvalue weighted by Gasteiger charge is -2.24. The summed E-state index contributed by atoms with van der Waals surface area (Å²) >= 11 is 0. The molecular weight excluding hydrogens is 636 g/mol. The summed E-state index contributed by atoms with van der Waals surface area (Å²) in [6.07, 6.45) is 10.4. The van der Waals surface area contributed by atoms with E-state index in [2.05, 4.69) is 6.92 Å². The highest BCUT2D eigenvalue weighted by atomic mass is 16.6. The van der Waals surface area contributed by atoms with Gasteiger partial charge in [0.05, 0.1) is 33.7 Å². The summed E-state index contributed by atoms with van der Waals surface area (Å²) in [6, 6.07) is 9.95. The second kappa shape index (κ2) is 19.8. The average Bonchev–Trinajstić information content (AvgIpc) is 3.39. The van der Waals surface area contributed by atoms with Gasteiger partial charge in [-0.1, -0.05) is 44.1 Å². The maximum Gasteiger partial charge on any atom is 0.338 e. The number of hydrogen-bond acceptors (Lipinski definition) is 11. The first-order chi connectivity index (χ1) is 23.5. The van der Waals surface area contributed by atoms with Crippen molar-refractivity contribution >= 4 is 29.3 Å². The van der Waals surface area contributed by atoms with Crippen LogP contribution in [0, 0.1) is 32.1 Å². The number of benzene rings is 2. The maximum absolute atomic E-state index is 13.2. The molecule has 5 atom stereocenters. The molecule has 1 saturated carbocycles. The molecule has 0 aromatic heterocycles. The Morgan fingerprint density at radius 3 is 1.96 bits per heavy atom. The van der Waals surface area contributed by atoms with Gasteiger partial charge < -0.3 is 19.3 Å². The third kappa shape index (κ3) is 12.2. The number of allylic oxidation sites excluding steroid dienone is 1. The minimum atomic E-state index is -0.838. The molecule has 2 aromatic rings. The molecule has 264 valence electrons. The number of aliphatic hydroxyl groups is 1. The number of non-ortho nitro benzene ring substituents is 2. The summed E-state index contributed by atoms with van der Waals surface area (Å²) in [5.41, 5.74) is -0.194. The van der Waals surface area contributed by atoms with Crippen LogP contribution in [0.25, 0.3) is 0 Å². The fourth-order valence-corrected chi connectivity index (χ4v) is 5.76. The number of rotatable bonds is 19. The lowest BCUT2D eigenvalue weighted by atomic mass is 9.88. The van der Waals surface area contributed by atoms with Gasteiger partial charge in [0.15, 0.2) is 0 Å². The van der Waals surface area contributed by atoms with Gasteiger partial charge in [0.1, 0.15) is 12.2 Å². The number of carbonyl (C=O) groups is 3. The Balaban J connectivity index is 1.88. The maximum atomic E-state index is 13.2. The Bertz CT molecular complexity index is 1470. The van der Waals surface area contributed by atoms with Crippen LogP contribution >= 0.6 is 0 Å². The van der Waals surface area contributed by atoms with Gasteiger partial charge in [-0.3, -0.25) is 25.0 Å². The summed E-state index contributed by atoms with van der Waals surface area (Å²) < 4.78 is 16.9. The largest absolute Gasteiger partial charge is 0.466 e. The van der Waals surface area contributed by atoms with Gasteiger partial charge in [0.2, 0.25) is 0 Å². The molecule has 1 aliphatic carbocycles. The monoisotopic (exact) mass is 680 g/mol. The van der Waals surface area contributed by atoms with Crippen molar-refractivity contribution in [3.8, 4) is 0 Å². The topological polar surface area (TPSA) is 185 Å². The first-order valence-corrected chi connectivity index (χ1v) is 16.6. The zero-order valence-electron chi connectivity index (χ0n) is 27.8. The van der Waals surface area contributed by atoms with Crippen LogP contribution in [-0.4, -0.2) is 57.8 Å². The highest BCUT2D eigenvalue weighted by Gasteiger charge is 2.46. The number of nitrogens with zero attached hydrogens (tertiary/aromatic N) is 2. The van der Waals surface area contributed by atoms with Gasteiger partial charge >= 0.3 is 17.9 Å². The highest BCUT2D eigenvalue weighted by molar-refractivity contribution is 5.90. The van der Waals surface area contributed by atoms with Gasteiger partial charge in [0.25, 0.3) is 11.4 Å². The van der Waals surface area contributed by atoms with Gasteiger partial charge in [-0.15, -0.1) is 0 Å². The molecule has 1 fully saturated rings. The summed E-state index contributed by atoms with van der Waals surface area (Å²) in [7, 11) is 0. The zero-order chi connectivity index (χ0) is 35.8. The van der Waals surface area contributed by atoms with Crippen LogP contribution in [0.1, 0.15) is 92.4 Å². The number of ether oxygens (including phenoxy) is 3. The molecule has 0 spiro atoms. The predicted molar refractivity (Wildman–Crippen MR) is 180 cm³/mol. The van der Waals surface area contributed by atoms with E-state index < -0.39 is 51.9 Å². The molecule has 49 heavy (non-hydrogen) atoms. The van der Waals surface area contributed by atoms with Crippen molar-refractivity contribution in [1.29, 1.82) is 0 Å². The molecule has 0 unspecified atom stereocenters. The van der Waals surface area contributed by atoms with Crippen molar-refractivity contribution in [2.45, 2.75) is 89.9 Å². The molecule has 1 N–H and O–H groups in total. The third-order valence-electron chi connectivity index (χ3n) is 8.31. The van der Waals surface area contributed by atoms with Crippen molar-refractivity contribution in [2.75, 3.05) is 6.61 Å². The fraction of sp³-hybridized carbons (Fsp3) is 0.472. The van der Waals surface area contributed by atoms with Crippen molar-refractivity contribution in [3.63, 3.8) is 0 Å². The second-order valence-corrected chi connectivity index (χ2v) is 11.8. The van der Waals surface area contributed by atoms with E-state index in [4.69, 9.17) is 14.2 Å². The van der Waals surface area contributed by atoms with Crippen LogP contribution in [0.4, 0.5) is 11.4 Å². The molecule has 0 saturated heterocycles. The van der Waals surface area contributed by atoms with Crippen LogP contribution in [0.2, 0.25) is 0 Å². The van der Waals surface area contributed by atoms with E-state index in [1.807, 2.05) is 12.2 Å². The molecule has 13 heteroatoms. The molecule has 1 aliphatic rings. The number of esters is 3. The second-order valence-electron chi connectivity index (χ2n) is 11.8. The Morgan fingerprint density at radius 1 is 0.857 bits per heavy atom. The summed E-state index contributed by atoms with van der Waals surface area (Å²) in [5, 5.41) is 32.9. The lowest BCUT2D eigenvalue weighted by molar-refractivity contribution is -0.385. The van der Waals surface area contributed by atoms with E-state index in [1.54, 1.807) is 19.1 Å². The summed E-state index contributed by atoms with van der Waals surface area (Å²) in [6.45, 7) is 4.07. The van der Waals surface area contributed by atoms with E-state index in [0.29, 0.717) is 19.3 Å². The van der Waals surface area contributed by atoms with E-state index in [-0.39, 0.29) is 47.9 Å². The smallest absolute Gasteiger partial charge is 0.338 e. The standard InChI is InChI=1S/C36H44N2O11/c1-3-5-6-7-8-9-11-29(39)22-23-31-30(12-10-13-34(40)47-4-2)32(48-35(41)25-14-18-27(19-15-25)37(43)44)24-33(31)49-36(42)26-16-20-28(21-17-26)38(45)46/h8-9,14-23,29-33,39H,3-7,10-13,24H2,1-2H3/b9-8-,23-22+/t29-,30+,31-,32-,33+/m0/s1. The number of carbonyl (C=O) groups excluding carboxylic acids is 3. The number of nitro groups is 2. The highest BCUT2D eigenvalue weighted by Crippen LogP contribution is 2.41. The Morgan fingerprint density at radius 2 is 1.43 bits per heavy atom.